The van der Waals surface area contributed by atoms with Crippen molar-refractivity contribution in [1.29, 1.82) is 0 Å². The predicted molar refractivity (Wildman–Crippen MR) is 100 cm³/mol. The summed E-state index contributed by atoms with van der Waals surface area (Å²) in [6.07, 6.45) is 4.51. The first-order chi connectivity index (χ1) is 13.9. The smallest absolute Gasteiger partial charge is 0.422 e. The van der Waals surface area contributed by atoms with Gasteiger partial charge in [-0.05, 0) is 30.9 Å². The number of hydrogen-bond donors (Lipinski definition) is 1. The first-order valence-electron chi connectivity index (χ1n) is 9.35. The van der Waals surface area contributed by atoms with Gasteiger partial charge in [-0.1, -0.05) is 19.3 Å². The summed E-state index contributed by atoms with van der Waals surface area (Å²) < 4.78 is 47.8. The van der Waals surface area contributed by atoms with E-state index in [0.29, 0.717) is 22.6 Å². The molecule has 0 bridgehead atoms. The van der Waals surface area contributed by atoms with Crippen molar-refractivity contribution < 1.29 is 27.4 Å². The molecule has 1 N–H and O–H groups in total. The lowest BCUT2D eigenvalue weighted by atomic mass is 9.84. The van der Waals surface area contributed by atoms with Crippen LogP contribution in [-0.4, -0.2) is 35.8 Å². The van der Waals surface area contributed by atoms with Gasteiger partial charge in [-0.3, -0.25) is 9.78 Å². The summed E-state index contributed by atoms with van der Waals surface area (Å²) in [7, 11) is 1.47. The molecular weight excluding hydrogens is 387 g/mol. The van der Waals surface area contributed by atoms with Crippen LogP contribution in [0.5, 0.6) is 11.6 Å². The summed E-state index contributed by atoms with van der Waals surface area (Å²) in [5.41, 5.74) is 1.27. The first-order valence-corrected chi connectivity index (χ1v) is 9.35. The predicted octanol–water partition coefficient (Wildman–Crippen LogP) is 4.73. The lowest BCUT2D eigenvalue weighted by Crippen LogP contribution is -2.21. The van der Waals surface area contributed by atoms with E-state index in [1.807, 2.05) is 0 Å². The molecule has 0 radical (unpaired) electrons. The van der Waals surface area contributed by atoms with Gasteiger partial charge in [0.25, 0.3) is 5.91 Å². The average Bonchev–Trinajstić information content (AvgIpc) is 2.72. The molecule has 0 aliphatic heterocycles. The molecule has 3 rings (SSSR count). The van der Waals surface area contributed by atoms with Crippen molar-refractivity contribution in [3.05, 3.63) is 41.9 Å². The minimum atomic E-state index is -4.45. The van der Waals surface area contributed by atoms with Gasteiger partial charge in [0.15, 0.2) is 6.61 Å². The van der Waals surface area contributed by atoms with Crippen LogP contribution in [0.1, 0.15) is 53.9 Å². The Morgan fingerprint density at radius 1 is 1.17 bits per heavy atom. The summed E-state index contributed by atoms with van der Waals surface area (Å²) in [5, 5.41) is 2.71. The Labute approximate surface area is 166 Å². The van der Waals surface area contributed by atoms with Crippen molar-refractivity contribution in [2.24, 2.45) is 0 Å². The van der Waals surface area contributed by atoms with Gasteiger partial charge >= 0.3 is 6.18 Å². The van der Waals surface area contributed by atoms with Crippen LogP contribution >= 0.6 is 0 Å². The van der Waals surface area contributed by atoms with Gasteiger partial charge in [0.1, 0.15) is 5.75 Å². The van der Waals surface area contributed by atoms with E-state index in [4.69, 9.17) is 9.47 Å². The zero-order valence-electron chi connectivity index (χ0n) is 16.0. The number of carbonyl (C=O) groups excluding carboxylic acids is 1. The molecule has 6 nitrogen and oxygen atoms in total. The summed E-state index contributed by atoms with van der Waals surface area (Å²) in [5.74, 6) is 0.0383. The van der Waals surface area contributed by atoms with Gasteiger partial charge in [0.2, 0.25) is 5.88 Å². The molecule has 0 unspecified atom stereocenters. The number of nitrogens with zero attached hydrogens (tertiary/aromatic N) is 2. The highest BCUT2D eigenvalue weighted by Gasteiger charge is 2.30. The topological polar surface area (TPSA) is 73.3 Å². The Bertz CT molecular complexity index is 852. The molecule has 0 atom stereocenters. The van der Waals surface area contributed by atoms with Crippen LogP contribution in [0, 0.1) is 0 Å². The van der Waals surface area contributed by atoms with E-state index in [1.54, 1.807) is 12.1 Å². The molecular formula is C20H22F3N3O3. The number of ether oxygens (including phenoxy) is 2. The normalized spacial score (nSPS) is 15.0. The van der Waals surface area contributed by atoms with Crippen LogP contribution < -0.4 is 14.8 Å². The molecule has 1 aliphatic carbocycles. The quantitative estimate of drug-likeness (QED) is 0.747. The fraction of sp³-hybridized carbons (Fsp3) is 0.450. The van der Waals surface area contributed by atoms with Crippen LogP contribution in [0.15, 0.2) is 30.7 Å². The molecule has 0 saturated heterocycles. The third-order valence-corrected chi connectivity index (χ3v) is 4.77. The number of aromatic nitrogens is 2. The van der Waals surface area contributed by atoms with Gasteiger partial charge in [-0.2, -0.15) is 13.2 Å². The SMILES string of the molecule is COc1cncc(C(=O)Nc2cnc(OCC(F)(F)F)c(C3CCCCC3)c2)c1. The molecule has 0 spiro atoms. The number of pyridine rings is 2. The average molecular weight is 409 g/mol. The highest BCUT2D eigenvalue weighted by molar-refractivity contribution is 6.04. The van der Waals surface area contributed by atoms with Crippen molar-refractivity contribution in [2.75, 3.05) is 19.0 Å². The van der Waals surface area contributed by atoms with E-state index >= 15 is 0 Å². The molecule has 156 valence electrons. The molecule has 1 amide bonds. The summed E-state index contributed by atoms with van der Waals surface area (Å²) in [4.78, 5) is 20.5. The largest absolute Gasteiger partial charge is 0.495 e. The van der Waals surface area contributed by atoms with Crippen LogP contribution in [0.3, 0.4) is 0 Å². The van der Waals surface area contributed by atoms with Gasteiger partial charge in [-0.25, -0.2) is 4.98 Å². The van der Waals surface area contributed by atoms with Gasteiger partial charge in [0.05, 0.1) is 30.8 Å². The molecule has 1 saturated carbocycles. The van der Waals surface area contributed by atoms with E-state index < -0.39 is 18.7 Å². The van der Waals surface area contributed by atoms with Crippen molar-refractivity contribution >= 4 is 11.6 Å². The lowest BCUT2D eigenvalue weighted by Gasteiger charge is -2.24. The minimum absolute atomic E-state index is 0.0322. The Balaban J connectivity index is 1.82. The molecule has 2 aromatic heterocycles. The molecule has 1 aliphatic rings. The fourth-order valence-electron chi connectivity index (χ4n) is 3.37. The van der Waals surface area contributed by atoms with E-state index in [2.05, 4.69) is 15.3 Å². The Morgan fingerprint density at radius 3 is 2.62 bits per heavy atom. The zero-order chi connectivity index (χ0) is 20.9. The van der Waals surface area contributed by atoms with Crippen LogP contribution in [0.2, 0.25) is 0 Å². The first kappa shape index (κ1) is 20.9. The number of methoxy groups -OCH3 is 1. The molecule has 0 aromatic carbocycles. The number of anilines is 1. The monoisotopic (exact) mass is 409 g/mol. The van der Waals surface area contributed by atoms with Crippen molar-refractivity contribution in [3.8, 4) is 11.6 Å². The number of rotatable bonds is 6. The lowest BCUT2D eigenvalue weighted by molar-refractivity contribution is -0.154. The van der Waals surface area contributed by atoms with Crippen molar-refractivity contribution in [2.45, 2.75) is 44.2 Å². The molecule has 9 heteroatoms. The molecule has 29 heavy (non-hydrogen) atoms. The van der Waals surface area contributed by atoms with Gasteiger partial charge < -0.3 is 14.8 Å². The highest BCUT2D eigenvalue weighted by atomic mass is 19.4. The number of carbonyl (C=O) groups is 1. The van der Waals surface area contributed by atoms with Crippen LogP contribution in [0.25, 0.3) is 0 Å². The van der Waals surface area contributed by atoms with Gasteiger partial charge in [-0.15, -0.1) is 0 Å². The second kappa shape index (κ2) is 9.11. The van der Waals surface area contributed by atoms with Crippen molar-refractivity contribution in [3.63, 3.8) is 0 Å². The molecule has 2 aromatic rings. The zero-order valence-corrected chi connectivity index (χ0v) is 16.0. The molecule has 1 fully saturated rings. The summed E-state index contributed by atoms with van der Waals surface area (Å²) in [6.45, 7) is -1.40. The highest BCUT2D eigenvalue weighted by Crippen LogP contribution is 2.38. The Hall–Kier alpha value is -2.84. The van der Waals surface area contributed by atoms with Crippen molar-refractivity contribution in [1.82, 2.24) is 9.97 Å². The van der Waals surface area contributed by atoms with Gasteiger partial charge in [0, 0.05) is 11.8 Å². The Kier molecular flexibility index (Phi) is 6.56. The number of halogens is 3. The minimum Gasteiger partial charge on any atom is -0.495 e. The third kappa shape index (κ3) is 5.82. The molecule has 2 heterocycles. The second-order valence-electron chi connectivity index (χ2n) is 6.92. The number of alkyl halides is 3. The summed E-state index contributed by atoms with van der Waals surface area (Å²) >= 11 is 0. The standard InChI is InChI=1S/C20H22F3N3O3/c1-28-16-7-14(9-24-11-16)18(27)26-15-8-17(13-5-3-2-4-6-13)19(25-10-15)29-12-20(21,22)23/h7-11,13H,2-6,12H2,1H3,(H,26,27). The van der Waals surface area contributed by atoms with E-state index in [9.17, 15) is 18.0 Å². The fourth-order valence-corrected chi connectivity index (χ4v) is 3.37. The van der Waals surface area contributed by atoms with E-state index in [0.717, 1.165) is 32.1 Å². The van der Waals surface area contributed by atoms with Crippen LogP contribution in [-0.2, 0) is 0 Å². The summed E-state index contributed by atoms with van der Waals surface area (Å²) in [6, 6.07) is 3.19. The number of nitrogens with one attached hydrogen (secondary N) is 1. The van der Waals surface area contributed by atoms with E-state index in [-0.39, 0.29) is 11.8 Å². The van der Waals surface area contributed by atoms with Crippen LogP contribution in [0.4, 0.5) is 18.9 Å². The van der Waals surface area contributed by atoms with E-state index in [1.165, 1.54) is 25.7 Å². The second-order valence-corrected chi connectivity index (χ2v) is 6.92. The maximum absolute atomic E-state index is 12.6. The third-order valence-electron chi connectivity index (χ3n) is 4.77. The number of amides is 1. The maximum Gasteiger partial charge on any atom is 0.422 e. The Morgan fingerprint density at radius 2 is 1.93 bits per heavy atom. The number of hydrogen-bond acceptors (Lipinski definition) is 5. The maximum atomic E-state index is 12.6.